The van der Waals surface area contributed by atoms with E-state index < -0.39 is 101 Å². The van der Waals surface area contributed by atoms with Crippen molar-refractivity contribution >= 4 is 37.2 Å². The summed E-state index contributed by atoms with van der Waals surface area (Å²) in [5.41, 5.74) is 5.78. The highest BCUT2D eigenvalue weighted by Crippen LogP contribution is 2.65. The standard InChI is InChI=1S/C41H50F5O7PS.C27H38F5O7PS/c1-39-21-19-35-34-16-15-33(50-28-53-54(48,51-26-29-10-4-2-5-11-29)52-27-30-12-6-3-7-13-30)25-32(34)24-31(38(35)36(39)17-18-37(39)47)14-8-22-55(49)23-9-20-40(42,43)41(44,45)46;1-25-11-9-21-20-6-5-19(38-16-39-40(34,35)36)15-18(20)14-17(24(21)22(25)7-8-23(25)33)4-2-12-41(37)13-3-10-26(28,29)27(30,31)32/h2-7,10-13,15-16,25,31,35-38,47H,8-9,14,17-24,26-28H2,1H3;5-6,15,17,21-24,33H,2-4,7-14,16H2,1H3,(H2,34,35,36)/t31-,35-,36+,37+,38-,39+,55?;17-,21-,22+,23+,24-,25+,41?/m11/s1. The van der Waals surface area contributed by atoms with Crippen LogP contribution in [-0.2, 0) is 74.9 Å². The molecule has 0 saturated heterocycles. The largest absolute Gasteiger partial charge is 0.478 e. The summed E-state index contributed by atoms with van der Waals surface area (Å²) in [5.74, 6) is -6.62. The van der Waals surface area contributed by atoms with Gasteiger partial charge in [0.1, 0.15) is 11.5 Å². The second kappa shape index (κ2) is 32.0. The van der Waals surface area contributed by atoms with Gasteiger partial charge in [-0.05, 0) is 219 Å². The summed E-state index contributed by atoms with van der Waals surface area (Å²) in [6, 6.07) is 30.0. The highest BCUT2D eigenvalue weighted by atomic mass is 32.2. The molecule has 2 unspecified atom stereocenters. The SMILES string of the molecule is C[C@]12CC[C@@H]3c4ccc(OCOP(=O)(O)O)cc4C[C@@H](CCCS(=O)CCCC(F)(F)C(F)(F)F)[C@H]3[C@@H]1CC[C@@H]2O.C[C@]12CC[C@@H]3c4ccc(OCOP(=O)(OCc5ccccc5)OCc5ccccc5)cc4C[C@@H](CCCS(=O)CCCC(F)(F)C(F)(F)F)[C@H]3[C@@H]1CC[C@@H]2O. The minimum absolute atomic E-state index is 0.00828. The molecule has 4 aromatic carbocycles. The van der Waals surface area contributed by atoms with E-state index >= 15 is 0 Å². The van der Waals surface area contributed by atoms with E-state index in [1.54, 1.807) is 6.07 Å². The van der Waals surface area contributed by atoms with E-state index in [9.17, 15) is 71.7 Å². The molecule has 0 bridgehead atoms. The van der Waals surface area contributed by atoms with Crippen LogP contribution in [0.4, 0.5) is 43.9 Å². The van der Waals surface area contributed by atoms with E-state index in [0.29, 0.717) is 61.9 Å². The number of benzene rings is 4. The van der Waals surface area contributed by atoms with Gasteiger partial charge in [0.2, 0.25) is 0 Å². The Labute approximate surface area is 559 Å². The molecule has 6 aliphatic carbocycles. The molecule has 4 fully saturated rings. The first-order valence-electron chi connectivity index (χ1n) is 33.0. The second-order valence-corrected chi connectivity index (χ2v) is 33.6. The van der Waals surface area contributed by atoms with Crippen LogP contribution < -0.4 is 9.47 Å². The molecular formula is C68H88F10O14P2S2. The minimum Gasteiger partial charge on any atom is -0.467 e. The van der Waals surface area contributed by atoms with Crippen LogP contribution in [0.2, 0.25) is 0 Å². The summed E-state index contributed by atoms with van der Waals surface area (Å²) < 4.78 is 211. The fourth-order valence-electron chi connectivity index (χ4n) is 16.5. The van der Waals surface area contributed by atoms with Gasteiger partial charge in [0.05, 0.1) is 25.4 Å². The zero-order valence-electron chi connectivity index (χ0n) is 53.8. The summed E-state index contributed by atoms with van der Waals surface area (Å²) in [6.45, 7) is 3.35. The van der Waals surface area contributed by atoms with E-state index in [1.807, 2.05) is 84.9 Å². The maximum absolute atomic E-state index is 13.7. The van der Waals surface area contributed by atoms with E-state index in [0.717, 1.165) is 73.6 Å². The third kappa shape index (κ3) is 19.0. The van der Waals surface area contributed by atoms with Gasteiger partial charge in [-0.25, -0.2) is 18.2 Å². The number of hydrogen-bond acceptors (Lipinski definition) is 12. The lowest BCUT2D eigenvalue weighted by atomic mass is 9.52. The van der Waals surface area contributed by atoms with Gasteiger partial charge in [0, 0.05) is 57.5 Å². The van der Waals surface area contributed by atoms with Gasteiger partial charge in [-0.2, -0.15) is 43.9 Å². The van der Waals surface area contributed by atoms with Crippen LogP contribution in [-0.4, -0.2) is 101 Å². The third-order valence-electron chi connectivity index (χ3n) is 21.4. The highest BCUT2D eigenvalue weighted by molar-refractivity contribution is 7.85. The first-order valence-corrected chi connectivity index (χ1v) is 38.9. The van der Waals surface area contributed by atoms with E-state index in [1.165, 1.54) is 11.1 Å². The maximum Gasteiger partial charge on any atom is 0.478 e. The predicted molar refractivity (Wildman–Crippen MR) is 342 cm³/mol. The van der Waals surface area contributed by atoms with Crippen LogP contribution in [0.25, 0.3) is 0 Å². The molecule has 96 heavy (non-hydrogen) atoms. The van der Waals surface area contributed by atoms with Crippen LogP contribution in [0.1, 0.15) is 162 Å². The molecule has 4 N–H and O–H groups in total. The summed E-state index contributed by atoms with van der Waals surface area (Å²) in [5, 5.41) is 21.8. The minimum atomic E-state index is -5.61. The average molecular weight is 1450 g/mol. The Morgan fingerprint density at radius 3 is 1.28 bits per heavy atom. The summed E-state index contributed by atoms with van der Waals surface area (Å²) >= 11 is 0. The molecule has 10 rings (SSSR count). The number of ether oxygens (including phenoxy) is 2. The molecule has 6 aliphatic rings. The van der Waals surface area contributed by atoms with Crippen LogP contribution in [0.3, 0.4) is 0 Å². The van der Waals surface area contributed by atoms with Crippen LogP contribution in [0.15, 0.2) is 97.1 Å². The Balaban J connectivity index is 0.000000235. The van der Waals surface area contributed by atoms with Gasteiger partial charge in [0.25, 0.3) is 0 Å². The maximum atomic E-state index is 13.7. The number of rotatable bonds is 30. The number of hydrogen-bond donors (Lipinski definition) is 4. The van der Waals surface area contributed by atoms with Crippen LogP contribution in [0.5, 0.6) is 11.5 Å². The molecule has 0 heterocycles. The van der Waals surface area contributed by atoms with Crippen molar-refractivity contribution in [3.8, 4) is 11.5 Å². The molecule has 0 aliphatic heterocycles. The summed E-state index contributed by atoms with van der Waals surface area (Å²) in [4.78, 5) is 17.8. The van der Waals surface area contributed by atoms with Gasteiger partial charge in [-0.15, -0.1) is 0 Å². The smallest absolute Gasteiger partial charge is 0.467 e. The van der Waals surface area contributed by atoms with Gasteiger partial charge in [0.15, 0.2) is 13.6 Å². The Morgan fingerprint density at radius 1 is 0.510 bits per heavy atom. The van der Waals surface area contributed by atoms with Crippen molar-refractivity contribution in [2.45, 2.75) is 191 Å². The van der Waals surface area contributed by atoms with Gasteiger partial charge < -0.3 is 29.5 Å². The van der Waals surface area contributed by atoms with E-state index in [2.05, 4.69) is 24.4 Å². The molecule has 14 atom stereocenters. The zero-order chi connectivity index (χ0) is 69.5. The molecule has 4 saturated carbocycles. The lowest BCUT2D eigenvalue weighted by molar-refractivity contribution is -0.284. The molecule has 0 radical (unpaired) electrons. The Bertz CT molecular complexity index is 3300. The lowest BCUT2D eigenvalue weighted by Crippen LogP contribution is -2.47. The Hall–Kier alpha value is -3.78. The van der Waals surface area contributed by atoms with Crippen molar-refractivity contribution in [1.29, 1.82) is 0 Å². The van der Waals surface area contributed by atoms with Crippen molar-refractivity contribution in [2.75, 3.05) is 36.6 Å². The zero-order valence-corrected chi connectivity index (χ0v) is 57.2. The molecule has 0 aromatic heterocycles. The number of halogens is 10. The van der Waals surface area contributed by atoms with Crippen molar-refractivity contribution < 1.29 is 109 Å². The quantitative estimate of drug-likeness (QED) is 0.0218. The summed E-state index contributed by atoms with van der Waals surface area (Å²) in [7, 11) is -11.8. The van der Waals surface area contributed by atoms with Crippen molar-refractivity contribution in [3.63, 3.8) is 0 Å². The number of phosphoric ester groups is 2. The van der Waals surface area contributed by atoms with Crippen molar-refractivity contribution in [1.82, 2.24) is 0 Å². The molecule has 0 spiro atoms. The molecule has 536 valence electrons. The number of fused-ring (bicyclic) bond motifs is 10. The number of phosphoric acid groups is 2. The normalized spacial score (nSPS) is 28.0. The fourth-order valence-corrected chi connectivity index (χ4v) is 20.1. The number of aliphatic hydroxyl groups excluding tert-OH is 2. The van der Waals surface area contributed by atoms with Crippen molar-refractivity contribution in [2.24, 2.45) is 46.3 Å². The number of alkyl halides is 10. The fraction of sp³-hybridized carbons (Fsp3) is 0.647. The molecular weight excluding hydrogens is 1360 g/mol. The molecule has 0 amide bonds. The van der Waals surface area contributed by atoms with Gasteiger partial charge in [-0.3, -0.25) is 17.5 Å². The van der Waals surface area contributed by atoms with Gasteiger partial charge >= 0.3 is 39.8 Å². The monoisotopic (exact) mass is 1440 g/mol. The first-order chi connectivity index (χ1) is 45.2. The summed E-state index contributed by atoms with van der Waals surface area (Å²) in [6.07, 6.45) is -4.92. The van der Waals surface area contributed by atoms with Crippen molar-refractivity contribution in [3.05, 3.63) is 130 Å². The Kier molecular flexibility index (Phi) is 25.5. The predicted octanol–water partition coefficient (Wildman–Crippen LogP) is 16.6. The van der Waals surface area contributed by atoms with Crippen LogP contribution >= 0.6 is 15.6 Å². The Morgan fingerprint density at radius 2 is 0.896 bits per heavy atom. The lowest BCUT2D eigenvalue weighted by Gasteiger charge is -2.53. The molecule has 14 nitrogen and oxygen atoms in total. The van der Waals surface area contributed by atoms with Crippen LogP contribution in [0, 0.1) is 46.3 Å². The molecule has 28 heteroatoms. The third-order valence-corrected chi connectivity index (χ3v) is 26.2. The highest BCUT2D eigenvalue weighted by Gasteiger charge is 2.60. The molecule has 4 aromatic rings. The van der Waals surface area contributed by atoms with Gasteiger partial charge in [-0.1, -0.05) is 86.6 Å². The van der Waals surface area contributed by atoms with E-state index in [4.69, 9.17) is 32.8 Å². The first kappa shape index (κ1) is 76.4. The topological polar surface area (TPSA) is 205 Å². The number of aliphatic hydroxyl groups is 2. The second-order valence-electron chi connectivity index (χ2n) is 27.3. The van der Waals surface area contributed by atoms with E-state index in [-0.39, 0.29) is 94.8 Å². The average Bonchev–Trinajstić information content (AvgIpc) is 1.38.